The second-order valence-electron chi connectivity index (χ2n) is 3.03. The van der Waals surface area contributed by atoms with Crippen molar-refractivity contribution in [3.8, 4) is 0 Å². The Morgan fingerprint density at radius 3 is 2.06 bits per heavy atom. The van der Waals surface area contributed by atoms with Gasteiger partial charge in [0, 0.05) is 6.42 Å². The molecule has 0 rings (SSSR count). The Kier molecular flexibility index (Phi) is 5.56. The van der Waals surface area contributed by atoms with E-state index in [1.807, 2.05) is 0 Å². The van der Waals surface area contributed by atoms with E-state index in [9.17, 15) is 14.2 Å². The highest BCUT2D eigenvalue weighted by atomic mass is 31.2. The van der Waals surface area contributed by atoms with Crippen LogP contribution >= 0.6 is 7.60 Å². The molecule has 10 heteroatoms. The van der Waals surface area contributed by atoms with Crippen LogP contribution in [0.3, 0.4) is 0 Å². The van der Waals surface area contributed by atoms with Crippen LogP contribution in [0.15, 0.2) is 0 Å². The van der Waals surface area contributed by atoms with E-state index in [1.54, 1.807) is 0 Å². The van der Waals surface area contributed by atoms with Gasteiger partial charge >= 0.3 is 19.5 Å². The molecular weight excluding hydrogens is 245 g/mol. The molecular formula is C6H12NO8P. The van der Waals surface area contributed by atoms with Gasteiger partial charge in [0.1, 0.15) is 12.3 Å². The Bertz CT molecular complexity index is 312. The zero-order valence-electron chi connectivity index (χ0n) is 8.05. The molecule has 0 aliphatic carbocycles. The highest BCUT2D eigenvalue weighted by Crippen LogP contribution is 2.35. The lowest BCUT2D eigenvalue weighted by molar-refractivity contribution is -0.167. The maximum absolute atomic E-state index is 10.6. The minimum Gasteiger partial charge on any atom is -0.481 e. The summed E-state index contributed by atoms with van der Waals surface area (Å²) in [7, 11) is -4.60. The summed E-state index contributed by atoms with van der Waals surface area (Å²) in [6.45, 7) is 0. The molecule has 16 heavy (non-hydrogen) atoms. The molecule has 0 aromatic carbocycles. The zero-order valence-corrected chi connectivity index (χ0v) is 8.95. The third kappa shape index (κ3) is 6.49. The minimum absolute atomic E-state index is 0.0634. The van der Waals surface area contributed by atoms with Gasteiger partial charge in [0.2, 0.25) is 0 Å². The van der Waals surface area contributed by atoms with E-state index in [-0.39, 0.29) is 5.06 Å². The molecule has 0 saturated heterocycles. The Labute approximate surface area is 90.0 Å². The molecule has 0 heterocycles. The van der Waals surface area contributed by atoms with Crippen LogP contribution in [0.5, 0.6) is 0 Å². The SMILES string of the molecule is O=C(O)CC[C@@H](C(=O)O)N(O)CP(=O)(O)O. The van der Waals surface area contributed by atoms with Crippen LogP contribution in [-0.2, 0) is 14.2 Å². The number of hydrogen-bond donors (Lipinski definition) is 5. The number of rotatable bonds is 7. The molecule has 0 saturated carbocycles. The smallest absolute Gasteiger partial charge is 0.341 e. The highest BCUT2D eigenvalue weighted by molar-refractivity contribution is 7.51. The first kappa shape index (κ1) is 15.0. The molecule has 0 aromatic rings. The summed E-state index contributed by atoms with van der Waals surface area (Å²) in [4.78, 5) is 37.8. The fourth-order valence-electron chi connectivity index (χ4n) is 0.947. The average Bonchev–Trinajstić information content (AvgIpc) is 1.98. The molecule has 94 valence electrons. The van der Waals surface area contributed by atoms with Crippen molar-refractivity contribution in [3.05, 3.63) is 0 Å². The summed E-state index contributed by atoms with van der Waals surface area (Å²) in [5, 5.41) is 25.9. The number of hydrogen-bond acceptors (Lipinski definition) is 5. The summed E-state index contributed by atoms with van der Waals surface area (Å²) < 4.78 is 10.5. The van der Waals surface area contributed by atoms with Crippen molar-refractivity contribution >= 4 is 19.5 Å². The molecule has 0 radical (unpaired) electrons. The molecule has 9 nitrogen and oxygen atoms in total. The second-order valence-corrected chi connectivity index (χ2v) is 4.64. The van der Waals surface area contributed by atoms with E-state index in [2.05, 4.69) is 0 Å². The Morgan fingerprint density at radius 2 is 1.75 bits per heavy atom. The van der Waals surface area contributed by atoms with E-state index in [4.69, 9.17) is 25.2 Å². The van der Waals surface area contributed by atoms with Crippen molar-refractivity contribution < 1.29 is 39.4 Å². The van der Waals surface area contributed by atoms with Gasteiger partial charge in [-0.05, 0) is 6.42 Å². The molecule has 0 aliphatic heterocycles. The van der Waals surface area contributed by atoms with E-state index >= 15 is 0 Å². The fourth-order valence-corrected chi connectivity index (χ4v) is 1.52. The van der Waals surface area contributed by atoms with Crippen molar-refractivity contribution in [2.45, 2.75) is 18.9 Å². The summed E-state index contributed by atoms with van der Waals surface area (Å²) in [5.41, 5.74) is 0. The summed E-state index contributed by atoms with van der Waals surface area (Å²) in [6.07, 6.45) is -2.15. The normalized spacial score (nSPS) is 13.8. The monoisotopic (exact) mass is 257 g/mol. The summed E-state index contributed by atoms with van der Waals surface area (Å²) >= 11 is 0. The Balaban J connectivity index is 4.47. The predicted octanol–water partition coefficient (Wildman–Crippen LogP) is -0.869. The first-order valence-corrected chi connectivity index (χ1v) is 5.88. The summed E-state index contributed by atoms with van der Waals surface area (Å²) in [6, 6.07) is -1.66. The zero-order chi connectivity index (χ0) is 12.9. The largest absolute Gasteiger partial charge is 0.481 e. The highest BCUT2D eigenvalue weighted by Gasteiger charge is 2.30. The Morgan fingerprint density at radius 1 is 1.25 bits per heavy atom. The van der Waals surface area contributed by atoms with Crippen molar-refractivity contribution in [2.24, 2.45) is 0 Å². The number of carboxylic acid groups (broad SMARTS) is 2. The van der Waals surface area contributed by atoms with Gasteiger partial charge in [-0.2, -0.15) is 5.06 Å². The van der Waals surface area contributed by atoms with E-state index in [1.165, 1.54) is 0 Å². The molecule has 5 N–H and O–H groups in total. The standard InChI is InChI=1S/C6H12NO8P/c8-5(9)2-1-4(6(10)11)7(12)3-16(13,14)15/h4,12H,1-3H2,(H,8,9)(H,10,11)(H2,13,14,15)/t4-/m0/s1. The topological polar surface area (TPSA) is 156 Å². The number of carboxylic acids is 2. The van der Waals surface area contributed by atoms with Crippen LogP contribution in [-0.4, -0.2) is 54.5 Å². The van der Waals surface area contributed by atoms with Gasteiger partial charge in [-0.1, -0.05) is 0 Å². The van der Waals surface area contributed by atoms with E-state index in [0.717, 1.165) is 0 Å². The molecule has 0 unspecified atom stereocenters. The third-order valence-corrected chi connectivity index (χ3v) is 2.26. The van der Waals surface area contributed by atoms with Gasteiger partial charge < -0.3 is 25.2 Å². The molecule has 1 atom stereocenters. The molecule has 0 aromatic heterocycles. The quantitative estimate of drug-likeness (QED) is 0.289. The maximum Gasteiger partial charge on any atom is 0.341 e. The average molecular weight is 257 g/mol. The van der Waals surface area contributed by atoms with Crippen LogP contribution in [0, 0.1) is 0 Å². The summed E-state index contributed by atoms with van der Waals surface area (Å²) in [5.74, 6) is -2.83. The van der Waals surface area contributed by atoms with Gasteiger partial charge in [0.25, 0.3) is 0 Å². The van der Waals surface area contributed by atoms with Gasteiger partial charge in [0.15, 0.2) is 0 Å². The van der Waals surface area contributed by atoms with Crippen LogP contribution in [0.25, 0.3) is 0 Å². The molecule has 0 amide bonds. The third-order valence-electron chi connectivity index (χ3n) is 1.61. The van der Waals surface area contributed by atoms with Crippen LogP contribution < -0.4 is 0 Å². The van der Waals surface area contributed by atoms with Gasteiger partial charge in [-0.25, -0.2) is 0 Å². The number of aliphatic carboxylic acids is 2. The number of hydroxylamine groups is 2. The second kappa shape index (κ2) is 5.92. The van der Waals surface area contributed by atoms with Crippen LogP contribution in [0.1, 0.15) is 12.8 Å². The first-order valence-electron chi connectivity index (χ1n) is 4.08. The van der Waals surface area contributed by atoms with Crippen molar-refractivity contribution in [2.75, 3.05) is 6.29 Å². The van der Waals surface area contributed by atoms with Gasteiger partial charge in [0.05, 0.1) is 0 Å². The Hall–Kier alpha value is -0.990. The van der Waals surface area contributed by atoms with Crippen LogP contribution in [0.2, 0.25) is 0 Å². The molecule has 0 fully saturated rings. The van der Waals surface area contributed by atoms with Crippen molar-refractivity contribution in [1.29, 1.82) is 0 Å². The predicted molar refractivity (Wildman–Crippen MR) is 48.8 cm³/mol. The van der Waals surface area contributed by atoms with Gasteiger partial charge in [-0.15, -0.1) is 0 Å². The first-order chi connectivity index (χ1) is 7.13. The van der Waals surface area contributed by atoms with E-state index in [0.29, 0.717) is 0 Å². The lowest BCUT2D eigenvalue weighted by atomic mass is 10.1. The number of carbonyl (C=O) groups is 2. The minimum atomic E-state index is -4.60. The lowest BCUT2D eigenvalue weighted by Crippen LogP contribution is -2.39. The van der Waals surface area contributed by atoms with Gasteiger partial charge in [-0.3, -0.25) is 14.2 Å². The molecule has 0 aliphatic rings. The van der Waals surface area contributed by atoms with Crippen molar-refractivity contribution in [1.82, 2.24) is 5.06 Å². The molecule has 0 spiro atoms. The van der Waals surface area contributed by atoms with Crippen molar-refractivity contribution in [3.63, 3.8) is 0 Å². The number of nitrogens with zero attached hydrogens (tertiary/aromatic N) is 1. The van der Waals surface area contributed by atoms with Crippen LogP contribution in [0.4, 0.5) is 0 Å². The maximum atomic E-state index is 10.6. The lowest BCUT2D eigenvalue weighted by Gasteiger charge is -2.21. The van der Waals surface area contributed by atoms with E-state index < -0.39 is 44.7 Å². The molecule has 0 bridgehead atoms. The fraction of sp³-hybridized carbons (Fsp3) is 0.667.